The van der Waals surface area contributed by atoms with Crippen LogP contribution in [-0.2, 0) is 14.3 Å². The molecule has 1 radical (unpaired) electrons. The quantitative estimate of drug-likeness (QED) is 0.554. The van der Waals surface area contributed by atoms with Crippen molar-refractivity contribution in [1.82, 2.24) is 5.32 Å². The van der Waals surface area contributed by atoms with E-state index in [1.807, 2.05) is 6.92 Å². The summed E-state index contributed by atoms with van der Waals surface area (Å²) in [6.07, 6.45) is 0.875. The summed E-state index contributed by atoms with van der Waals surface area (Å²) in [6, 6.07) is 0. The maximum absolute atomic E-state index is 11.8. The van der Waals surface area contributed by atoms with Gasteiger partial charge in [0.1, 0.15) is 6.61 Å². The van der Waals surface area contributed by atoms with Crippen molar-refractivity contribution in [2.45, 2.75) is 30.9 Å². The monoisotopic (exact) mass is 246 g/mol. The van der Waals surface area contributed by atoms with Gasteiger partial charge in [0.05, 0.1) is 5.92 Å². The Labute approximate surface area is 98.1 Å². The minimum absolute atomic E-state index is 0.293. The van der Waals surface area contributed by atoms with Gasteiger partial charge in [0, 0.05) is 5.88 Å². The standard InChI is InChI=1S/C10H13ClNO4/c1-2-10-6(3-4-11)7(14)12-9(10,5-13)8(15)16-10/h5-6,13H,2-4H2,1H3,(H,12,14)/t6-,9-,10-/m0/s1. The first-order valence-corrected chi connectivity index (χ1v) is 5.71. The Morgan fingerprint density at radius 1 is 1.62 bits per heavy atom. The maximum atomic E-state index is 11.8. The van der Waals surface area contributed by atoms with Crippen molar-refractivity contribution in [3.05, 3.63) is 6.61 Å². The predicted octanol–water partition coefficient (Wildman–Crippen LogP) is 0.340. The molecule has 16 heavy (non-hydrogen) atoms. The van der Waals surface area contributed by atoms with Crippen molar-refractivity contribution in [1.29, 1.82) is 0 Å². The number of amides is 1. The first-order chi connectivity index (χ1) is 7.58. The van der Waals surface area contributed by atoms with Gasteiger partial charge >= 0.3 is 5.97 Å². The van der Waals surface area contributed by atoms with Gasteiger partial charge in [0.15, 0.2) is 5.60 Å². The molecule has 5 nitrogen and oxygen atoms in total. The van der Waals surface area contributed by atoms with E-state index in [1.165, 1.54) is 0 Å². The van der Waals surface area contributed by atoms with Gasteiger partial charge in [-0.25, -0.2) is 4.79 Å². The van der Waals surface area contributed by atoms with Crippen molar-refractivity contribution >= 4 is 23.5 Å². The number of hydrogen-bond donors (Lipinski definition) is 2. The lowest BCUT2D eigenvalue weighted by Crippen LogP contribution is -2.75. The van der Waals surface area contributed by atoms with Gasteiger partial charge in [-0.3, -0.25) is 4.79 Å². The Morgan fingerprint density at radius 3 is 2.75 bits per heavy atom. The average Bonchev–Trinajstić information content (AvgIpc) is 2.47. The SMILES string of the molecule is CC[C@@]12OC(=O)[C@]1([CH]O)NC(=O)[C@@H]2CCCl. The number of ether oxygens (including phenoxy) is 1. The molecule has 2 heterocycles. The zero-order valence-corrected chi connectivity index (χ0v) is 9.58. The normalized spacial score (nSPS) is 41.1. The zero-order chi connectivity index (χ0) is 12.0. The van der Waals surface area contributed by atoms with Crippen LogP contribution < -0.4 is 5.32 Å². The largest absolute Gasteiger partial charge is 0.453 e. The summed E-state index contributed by atoms with van der Waals surface area (Å²) in [5.41, 5.74) is -2.33. The summed E-state index contributed by atoms with van der Waals surface area (Å²) in [6.45, 7) is 2.54. The van der Waals surface area contributed by atoms with E-state index in [4.69, 9.17) is 16.3 Å². The van der Waals surface area contributed by atoms with Crippen LogP contribution in [0.2, 0.25) is 0 Å². The number of aliphatic hydroxyl groups is 1. The van der Waals surface area contributed by atoms with Crippen LogP contribution in [0.25, 0.3) is 0 Å². The van der Waals surface area contributed by atoms with E-state index in [1.54, 1.807) is 0 Å². The van der Waals surface area contributed by atoms with Gasteiger partial charge in [-0.15, -0.1) is 11.6 Å². The second-order valence-electron chi connectivity index (χ2n) is 4.09. The van der Waals surface area contributed by atoms with Crippen molar-refractivity contribution < 1.29 is 19.4 Å². The van der Waals surface area contributed by atoms with Crippen molar-refractivity contribution in [3.8, 4) is 0 Å². The molecule has 6 heteroatoms. The molecule has 0 aromatic carbocycles. The van der Waals surface area contributed by atoms with E-state index in [-0.39, 0.29) is 5.91 Å². The Morgan fingerprint density at radius 2 is 2.31 bits per heavy atom. The van der Waals surface area contributed by atoms with E-state index in [2.05, 4.69) is 5.32 Å². The second kappa shape index (κ2) is 3.60. The first-order valence-electron chi connectivity index (χ1n) is 5.18. The Kier molecular flexibility index (Phi) is 2.62. The van der Waals surface area contributed by atoms with Gasteiger partial charge in [0.25, 0.3) is 0 Å². The van der Waals surface area contributed by atoms with Crippen LogP contribution in [0.5, 0.6) is 0 Å². The summed E-state index contributed by atoms with van der Waals surface area (Å²) in [5, 5.41) is 11.8. The molecule has 2 fully saturated rings. The summed E-state index contributed by atoms with van der Waals surface area (Å²) in [4.78, 5) is 23.2. The maximum Gasteiger partial charge on any atom is 0.339 e. The molecule has 2 aliphatic heterocycles. The number of nitrogens with one attached hydrogen (secondary N) is 1. The van der Waals surface area contributed by atoms with E-state index >= 15 is 0 Å². The van der Waals surface area contributed by atoms with Crippen LogP contribution in [0, 0.1) is 12.5 Å². The molecule has 0 aromatic rings. The summed E-state index contributed by atoms with van der Waals surface area (Å²) >= 11 is 5.63. The molecule has 0 bridgehead atoms. The summed E-state index contributed by atoms with van der Waals surface area (Å²) in [5.74, 6) is -1.09. The molecule has 2 saturated heterocycles. The van der Waals surface area contributed by atoms with Crippen LogP contribution in [0.3, 0.4) is 0 Å². The average molecular weight is 247 g/mol. The van der Waals surface area contributed by atoms with Crippen LogP contribution in [0.15, 0.2) is 0 Å². The number of carbonyl (C=O) groups is 2. The van der Waals surface area contributed by atoms with Crippen molar-refractivity contribution in [2.24, 2.45) is 5.92 Å². The molecular formula is C10H13ClNO4. The Balaban J connectivity index is 2.39. The highest BCUT2D eigenvalue weighted by Gasteiger charge is 2.77. The molecule has 0 aromatic heterocycles. The van der Waals surface area contributed by atoms with E-state index in [9.17, 15) is 14.7 Å². The number of hydrogen-bond acceptors (Lipinski definition) is 4. The van der Waals surface area contributed by atoms with Crippen LogP contribution in [-0.4, -0.2) is 34.0 Å². The molecule has 89 valence electrons. The van der Waals surface area contributed by atoms with Crippen LogP contribution in [0.1, 0.15) is 19.8 Å². The number of rotatable bonds is 4. The molecule has 0 saturated carbocycles. The smallest absolute Gasteiger partial charge is 0.339 e. The molecular weight excluding hydrogens is 234 g/mol. The highest BCUT2D eigenvalue weighted by atomic mass is 35.5. The minimum atomic E-state index is -1.37. The van der Waals surface area contributed by atoms with Crippen LogP contribution >= 0.6 is 11.6 Å². The molecule has 2 aliphatic rings. The molecule has 2 rings (SSSR count). The van der Waals surface area contributed by atoms with Crippen molar-refractivity contribution in [3.63, 3.8) is 0 Å². The fourth-order valence-corrected chi connectivity index (χ4v) is 2.93. The number of alkyl halides is 1. The number of fused-ring (bicyclic) bond motifs is 1. The lowest BCUT2D eigenvalue weighted by Gasteiger charge is -2.51. The Hall–Kier alpha value is -0.810. The topological polar surface area (TPSA) is 75.6 Å². The van der Waals surface area contributed by atoms with E-state index < -0.39 is 23.0 Å². The molecule has 3 atom stereocenters. The molecule has 2 N–H and O–H groups in total. The second-order valence-corrected chi connectivity index (χ2v) is 4.47. The molecule has 0 unspecified atom stereocenters. The lowest BCUT2D eigenvalue weighted by molar-refractivity contribution is -0.224. The van der Waals surface area contributed by atoms with Crippen molar-refractivity contribution in [2.75, 3.05) is 5.88 Å². The van der Waals surface area contributed by atoms with Gasteiger partial charge in [-0.05, 0) is 12.8 Å². The predicted molar refractivity (Wildman–Crippen MR) is 55.1 cm³/mol. The summed E-state index contributed by atoms with van der Waals surface area (Å²) < 4.78 is 5.16. The Bertz CT molecular complexity index is 348. The fourth-order valence-electron chi connectivity index (χ4n) is 2.71. The van der Waals surface area contributed by atoms with Gasteiger partial charge < -0.3 is 15.2 Å². The molecule has 1 amide bonds. The van der Waals surface area contributed by atoms with Gasteiger partial charge in [-0.2, -0.15) is 0 Å². The highest BCUT2D eigenvalue weighted by molar-refractivity contribution is 6.18. The third-order valence-electron chi connectivity index (χ3n) is 3.58. The van der Waals surface area contributed by atoms with Crippen LogP contribution in [0.4, 0.5) is 0 Å². The third kappa shape index (κ3) is 1.05. The first kappa shape index (κ1) is 11.7. The number of halogens is 1. The zero-order valence-electron chi connectivity index (χ0n) is 8.83. The number of esters is 1. The lowest BCUT2D eigenvalue weighted by atomic mass is 9.68. The van der Waals surface area contributed by atoms with Gasteiger partial charge in [0.2, 0.25) is 11.4 Å². The molecule has 0 aliphatic carbocycles. The van der Waals surface area contributed by atoms with Gasteiger partial charge in [-0.1, -0.05) is 6.92 Å². The fraction of sp³-hybridized carbons (Fsp3) is 0.700. The molecule has 0 spiro atoms. The van der Waals surface area contributed by atoms with E-state index in [0.717, 1.165) is 6.61 Å². The number of aliphatic hydroxyl groups excluding tert-OH is 1. The number of carbonyl (C=O) groups excluding carboxylic acids is 2. The highest BCUT2D eigenvalue weighted by Crippen LogP contribution is 2.52. The van der Waals surface area contributed by atoms with E-state index in [0.29, 0.717) is 18.7 Å². The minimum Gasteiger partial charge on any atom is -0.453 e. The third-order valence-corrected chi connectivity index (χ3v) is 3.80. The summed E-state index contributed by atoms with van der Waals surface area (Å²) in [7, 11) is 0.